The lowest BCUT2D eigenvalue weighted by molar-refractivity contribution is 0.0845. The van der Waals surface area contributed by atoms with E-state index in [2.05, 4.69) is 18.7 Å². The van der Waals surface area contributed by atoms with Crippen LogP contribution < -0.4 is 5.73 Å². The van der Waals surface area contributed by atoms with Crippen LogP contribution in [0.2, 0.25) is 0 Å². The second kappa shape index (κ2) is 5.68. The summed E-state index contributed by atoms with van der Waals surface area (Å²) in [4.78, 5) is 2.63. The third-order valence-electron chi connectivity index (χ3n) is 4.61. The van der Waals surface area contributed by atoms with Gasteiger partial charge in [-0.3, -0.25) is 4.90 Å². The van der Waals surface area contributed by atoms with Gasteiger partial charge in [0.1, 0.15) is 0 Å². The van der Waals surface area contributed by atoms with E-state index >= 15 is 0 Å². The molecular formula is C14H28N2O. The highest BCUT2D eigenvalue weighted by atomic mass is 16.5. The fourth-order valence-electron chi connectivity index (χ4n) is 4.03. The Balaban J connectivity index is 1.93. The van der Waals surface area contributed by atoms with Gasteiger partial charge in [-0.2, -0.15) is 0 Å². The van der Waals surface area contributed by atoms with Crippen molar-refractivity contribution in [3.8, 4) is 0 Å². The summed E-state index contributed by atoms with van der Waals surface area (Å²) >= 11 is 0. The summed E-state index contributed by atoms with van der Waals surface area (Å²) in [7, 11) is 1.80. The molecule has 5 unspecified atom stereocenters. The first-order valence-electron chi connectivity index (χ1n) is 7.10. The highest BCUT2D eigenvalue weighted by Crippen LogP contribution is 2.33. The van der Waals surface area contributed by atoms with Crippen LogP contribution in [-0.2, 0) is 4.74 Å². The van der Waals surface area contributed by atoms with E-state index in [4.69, 9.17) is 10.5 Å². The molecule has 0 spiro atoms. The highest BCUT2D eigenvalue weighted by molar-refractivity contribution is 4.94. The number of hydrogen-bond acceptors (Lipinski definition) is 3. The van der Waals surface area contributed by atoms with Crippen LogP contribution in [0.25, 0.3) is 0 Å². The van der Waals surface area contributed by atoms with Gasteiger partial charge in [0, 0.05) is 25.7 Å². The molecule has 3 heteroatoms. The number of nitrogens with zero attached hydrogens (tertiary/aromatic N) is 1. The summed E-state index contributed by atoms with van der Waals surface area (Å²) in [6.45, 7) is 8.02. The summed E-state index contributed by atoms with van der Waals surface area (Å²) in [5.41, 5.74) is 6.39. The van der Waals surface area contributed by atoms with E-state index in [1.54, 1.807) is 7.11 Å². The largest absolute Gasteiger partial charge is 0.384 e. The molecular weight excluding hydrogens is 212 g/mol. The molecule has 5 atom stereocenters. The average molecular weight is 240 g/mol. The molecule has 100 valence electrons. The molecule has 0 aromatic heterocycles. The Bertz CT molecular complexity index is 234. The van der Waals surface area contributed by atoms with E-state index in [9.17, 15) is 0 Å². The first-order chi connectivity index (χ1) is 8.11. The Labute approximate surface area is 106 Å². The third-order valence-corrected chi connectivity index (χ3v) is 4.61. The number of methoxy groups -OCH3 is 1. The molecule has 2 fully saturated rings. The highest BCUT2D eigenvalue weighted by Gasteiger charge is 2.38. The molecule has 1 aliphatic heterocycles. The second-order valence-corrected chi connectivity index (χ2v) is 6.31. The molecule has 1 saturated carbocycles. The van der Waals surface area contributed by atoms with E-state index in [1.807, 2.05) is 0 Å². The van der Waals surface area contributed by atoms with Crippen LogP contribution in [0.15, 0.2) is 0 Å². The Morgan fingerprint density at radius 3 is 2.71 bits per heavy atom. The first kappa shape index (κ1) is 13.3. The van der Waals surface area contributed by atoms with Gasteiger partial charge in [-0.25, -0.2) is 0 Å². The van der Waals surface area contributed by atoms with Crippen molar-refractivity contribution in [2.24, 2.45) is 23.5 Å². The fourth-order valence-corrected chi connectivity index (χ4v) is 4.03. The SMILES string of the molecule is COCC1CCN(C2C(C)CC(C)CC2N)C1. The van der Waals surface area contributed by atoms with Crippen molar-refractivity contribution in [2.45, 2.75) is 45.2 Å². The lowest BCUT2D eigenvalue weighted by atomic mass is 9.76. The lowest BCUT2D eigenvalue weighted by Crippen LogP contribution is -2.54. The molecule has 17 heavy (non-hydrogen) atoms. The molecule has 0 amide bonds. The van der Waals surface area contributed by atoms with Crippen molar-refractivity contribution in [1.29, 1.82) is 0 Å². The molecule has 2 aliphatic rings. The molecule has 3 nitrogen and oxygen atoms in total. The fraction of sp³-hybridized carbons (Fsp3) is 1.00. The van der Waals surface area contributed by atoms with Gasteiger partial charge in [-0.05, 0) is 43.6 Å². The van der Waals surface area contributed by atoms with Crippen molar-refractivity contribution < 1.29 is 4.74 Å². The molecule has 0 aromatic carbocycles. The van der Waals surface area contributed by atoms with Crippen molar-refractivity contribution in [1.82, 2.24) is 4.90 Å². The number of likely N-dealkylation sites (tertiary alicyclic amines) is 1. The van der Waals surface area contributed by atoms with E-state index in [1.165, 1.54) is 32.4 Å². The Morgan fingerprint density at radius 2 is 2.06 bits per heavy atom. The van der Waals surface area contributed by atoms with Crippen molar-refractivity contribution >= 4 is 0 Å². The monoisotopic (exact) mass is 240 g/mol. The maximum atomic E-state index is 6.39. The first-order valence-corrected chi connectivity index (χ1v) is 7.10. The second-order valence-electron chi connectivity index (χ2n) is 6.31. The Hall–Kier alpha value is -0.120. The smallest absolute Gasteiger partial charge is 0.0503 e. The minimum atomic E-state index is 0.370. The standard InChI is InChI=1S/C14H28N2O/c1-10-6-11(2)14(13(15)7-10)16-5-4-12(8-16)9-17-3/h10-14H,4-9,15H2,1-3H3. The average Bonchev–Trinajstić information content (AvgIpc) is 2.65. The topological polar surface area (TPSA) is 38.5 Å². The summed E-state index contributed by atoms with van der Waals surface area (Å²) in [6.07, 6.45) is 3.81. The Morgan fingerprint density at radius 1 is 1.29 bits per heavy atom. The summed E-state index contributed by atoms with van der Waals surface area (Å²) in [5.74, 6) is 2.27. The van der Waals surface area contributed by atoms with Crippen molar-refractivity contribution in [2.75, 3.05) is 26.8 Å². The molecule has 1 saturated heterocycles. The predicted octanol–water partition coefficient (Wildman–Crippen LogP) is 1.72. The minimum Gasteiger partial charge on any atom is -0.384 e. The zero-order valence-electron chi connectivity index (χ0n) is 11.6. The zero-order valence-corrected chi connectivity index (χ0v) is 11.6. The van der Waals surface area contributed by atoms with Gasteiger partial charge >= 0.3 is 0 Å². The molecule has 1 heterocycles. The molecule has 0 bridgehead atoms. The van der Waals surface area contributed by atoms with E-state index < -0.39 is 0 Å². The number of rotatable bonds is 3. The molecule has 0 aromatic rings. The van der Waals surface area contributed by atoms with E-state index in [-0.39, 0.29) is 0 Å². The van der Waals surface area contributed by atoms with Gasteiger partial charge in [0.15, 0.2) is 0 Å². The number of ether oxygens (including phenoxy) is 1. The normalized spacial score (nSPS) is 44.1. The van der Waals surface area contributed by atoms with E-state index in [0.29, 0.717) is 12.1 Å². The van der Waals surface area contributed by atoms with Crippen molar-refractivity contribution in [3.63, 3.8) is 0 Å². The number of nitrogens with two attached hydrogens (primary N) is 1. The van der Waals surface area contributed by atoms with Crippen LogP contribution in [-0.4, -0.2) is 43.8 Å². The van der Waals surface area contributed by atoms with Crippen LogP contribution in [0.4, 0.5) is 0 Å². The molecule has 2 N–H and O–H groups in total. The predicted molar refractivity (Wildman–Crippen MR) is 70.9 cm³/mol. The van der Waals surface area contributed by atoms with Crippen LogP contribution >= 0.6 is 0 Å². The third kappa shape index (κ3) is 3.01. The van der Waals surface area contributed by atoms with E-state index in [0.717, 1.165) is 24.4 Å². The van der Waals surface area contributed by atoms with Crippen molar-refractivity contribution in [3.05, 3.63) is 0 Å². The zero-order chi connectivity index (χ0) is 12.4. The van der Waals surface area contributed by atoms with Gasteiger partial charge in [-0.1, -0.05) is 13.8 Å². The Kier molecular flexibility index (Phi) is 4.45. The molecule has 0 radical (unpaired) electrons. The lowest BCUT2D eigenvalue weighted by Gasteiger charge is -2.43. The van der Waals surface area contributed by atoms with Crippen LogP contribution in [0.5, 0.6) is 0 Å². The minimum absolute atomic E-state index is 0.370. The maximum Gasteiger partial charge on any atom is 0.0503 e. The number of hydrogen-bond donors (Lipinski definition) is 1. The van der Waals surface area contributed by atoms with Gasteiger partial charge in [0.05, 0.1) is 6.61 Å². The van der Waals surface area contributed by atoms with Crippen LogP contribution in [0.3, 0.4) is 0 Å². The van der Waals surface area contributed by atoms with Crippen LogP contribution in [0.1, 0.15) is 33.1 Å². The summed E-state index contributed by atoms with van der Waals surface area (Å²) in [5, 5.41) is 0. The van der Waals surface area contributed by atoms with Gasteiger partial charge in [-0.15, -0.1) is 0 Å². The van der Waals surface area contributed by atoms with Gasteiger partial charge < -0.3 is 10.5 Å². The quantitative estimate of drug-likeness (QED) is 0.816. The molecule has 1 aliphatic carbocycles. The molecule has 2 rings (SSSR count). The summed E-state index contributed by atoms with van der Waals surface area (Å²) < 4.78 is 5.27. The summed E-state index contributed by atoms with van der Waals surface area (Å²) in [6, 6.07) is 0.975. The van der Waals surface area contributed by atoms with Gasteiger partial charge in [0.2, 0.25) is 0 Å². The maximum absolute atomic E-state index is 6.39. The van der Waals surface area contributed by atoms with Gasteiger partial charge in [0.25, 0.3) is 0 Å². The van der Waals surface area contributed by atoms with Crippen LogP contribution in [0, 0.1) is 17.8 Å².